The van der Waals surface area contributed by atoms with Gasteiger partial charge in [0.1, 0.15) is 5.01 Å². The number of aromatic nitrogens is 1. The molecule has 0 radical (unpaired) electrons. The lowest BCUT2D eigenvalue weighted by atomic mass is 10.3. The van der Waals surface area contributed by atoms with Gasteiger partial charge in [-0.3, -0.25) is 0 Å². The third-order valence-electron chi connectivity index (χ3n) is 2.27. The average molecular weight is 317 g/mol. The highest BCUT2D eigenvalue weighted by Crippen LogP contribution is 2.24. The molecule has 2 aromatic heterocycles. The summed E-state index contributed by atoms with van der Waals surface area (Å²) in [6.07, 6.45) is 1.93. The van der Waals surface area contributed by atoms with E-state index in [1.807, 2.05) is 6.20 Å². The molecule has 0 spiro atoms. The van der Waals surface area contributed by atoms with Crippen LogP contribution >= 0.6 is 38.6 Å². The summed E-state index contributed by atoms with van der Waals surface area (Å²) in [5, 5.41) is 6.74. The third-order valence-corrected chi connectivity index (χ3v) is 5.29. The second kappa shape index (κ2) is 5.40. The first kappa shape index (κ1) is 12.2. The minimum Gasteiger partial charge on any atom is -0.303 e. The van der Waals surface area contributed by atoms with E-state index in [9.17, 15) is 0 Å². The maximum Gasteiger partial charge on any atom is 0.109 e. The van der Waals surface area contributed by atoms with E-state index in [2.05, 4.69) is 51.5 Å². The Morgan fingerprint density at radius 2 is 2.38 bits per heavy atom. The van der Waals surface area contributed by atoms with Crippen LogP contribution in [0.15, 0.2) is 22.1 Å². The Hall–Kier alpha value is -0.230. The number of halogens is 1. The van der Waals surface area contributed by atoms with E-state index in [4.69, 9.17) is 0 Å². The molecule has 2 rings (SSSR count). The number of rotatable bonds is 4. The quantitative estimate of drug-likeness (QED) is 0.917. The zero-order chi connectivity index (χ0) is 11.5. The fraction of sp³-hybridized carbons (Fsp3) is 0.364. The summed E-state index contributed by atoms with van der Waals surface area (Å²) in [4.78, 5) is 6.98. The van der Waals surface area contributed by atoms with Gasteiger partial charge in [-0.25, -0.2) is 4.98 Å². The molecular formula is C11H13BrN2S2. The number of hydrogen-bond acceptors (Lipinski definition) is 4. The molecule has 0 fully saturated rings. The van der Waals surface area contributed by atoms with Crippen LogP contribution in [0.25, 0.3) is 0 Å². The standard InChI is InChI=1S/C11H13BrN2S2/c1-7-5-14-11(16-7)8(2)13-6-10-9(12)3-4-15-10/h3-5,8,13H,6H2,1-2H3. The Labute approximate surface area is 112 Å². The van der Waals surface area contributed by atoms with Crippen LogP contribution in [0.1, 0.15) is 27.7 Å². The highest BCUT2D eigenvalue weighted by Gasteiger charge is 2.09. The lowest BCUT2D eigenvalue weighted by molar-refractivity contribution is 0.575. The van der Waals surface area contributed by atoms with Crippen molar-refractivity contribution in [1.82, 2.24) is 10.3 Å². The molecule has 2 aromatic rings. The van der Waals surface area contributed by atoms with Gasteiger partial charge in [-0.2, -0.15) is 0 Å². The Morgan fingerprint density at radius 1 is 1.56 bits per heavy atom. The number of hydrogen-bond donors (Lipinski definition) is 1. The molecule has 5 heteroatoms. The van der Waals surface area contributed by atoms with Crippen LogP contribution in [0.5, 0.6) is 0 Å². The molecule has 0 saturated carbocycles. The van der Waals surface area contributed by atoms with Gasteiger partial charge in [0.05, 0.1) is 6.04 Å². The molecular weight excluding hydrogens is 304 g/mol. The number of aryl methyl sites for hydroxylation is 1. The predicted molar refractivity (Wildman–Crippen MR) is 74.1 cm³/mol. The molecule has 0 aliphatic heterocycles. The van der Waals surface area contributed by atoms with Gasteiger partial charge in [0.25, 0.3) is 0 Å². The zero-order valence-electron chi connectivity index (χ0n) is 9.16. The summed E-state index contributed by atoms with van der Waals surface area (Å²) in [6.45, 7) is 5.13. The average Bonchev–Trinajstić information content (AvgIpc) is 2.84. The summed E-state index contributed by atoms with van der Waals surface area (Å²) < 4.78 is 1.19. The molecule has 86 valence electrons. The number of thiophene rings is 1. The normalized spacial score (nSPS) is 12.9. The monoisotopic (exact) mass is 316 g/mol. The van der Waals surface area contributed by atoms with E-state index in [1.54, 1.807) is 22.7 Å². The van der Waals surface area contributed by atoms with Crippen molar-refractivity contribution in [1.29, 1.82) is 0 Å². The molecule has 1 unspecified atom stereocenters. The second-order valence-corrected chi connectivity index (χ2v) is 6.72. The molecule has 1 atom stereocenters. The van der Waals surface area contributed by atoms with Crippen LogP contribution in [0.4, 0.5) is 0 Å². The molecule has 0 aromatic carbocycles. The van der Waals surface area contributed by atoms with Gasteiger partial charge in [0, 0.05) is 27.0 Å². The third kappa shape index (κ3) is 2.91. The first-order chi connectivity index (χ1) is 7.66. The lowest BCUT2D eigenvalue weighted by Crippen LogP contribution is -2.17. The highest BCUT2D eigenvalue weighted by molar-refractivity contribution is 9.10. The van der Waals surface area contributed by atoms with Gasteiger partial charge in [-0.1, -0.05) is 0 Å². The van der Waals surface area contributed by atoms with Crippen LogP contribution in [0, 0.1) is 6.92 Å². The van der Waals surface area contributed by atoms with Crippen molar-refractivity contribution < 1.29 is 0 Å². The number of thiazole rings is 1. The summed E-state index contributed by atoms with van der Waals surface area (Å²) in [5.41, 5.74) is 0. The van der Waals surface area contributed by atoms with Crippen LogP contribution < -0.4 is 5.32 Å². The largest absolute Gasteiger partial charge is 0.303 e. The van der Waals surface area contributed by atoms with Gasteiger partial charge < -0.3 is 5.32 Å². The molecule has 0 bridgehead atoms. The molecule has 16 heavy (non-hydrogen) atoms. The van der Waals surface area contributed by atoms with Crippen molar-refractivity contribution in [3.8, 4) is 0 Å². The highest BCUT2D eigenvalue weighted by atomic mass is 79.9. The minimum atomic E-state index is 0.313. The fourth-order valence-electron chi connectivity index (χ4n) is 1.36. The molecule has 0 amide bonds. The van der Waals surface area contributed by atoms with Gasteiger partial charge in [0.15, 0.2) is 0 Å². The van der Waals surface area contributed by atoms with Crippen molar-refractivity contribution in [2.75, 3.05) is 0 Å². The second-order valence-electron chi connectivity index (χ2n) is 3.60. The van der Waals surface area contributed by atoms with Crippen molar-refractivity contribution in [2.24, 2.45) is 0 Å². The first-order valence-electron chi connectivity index (χ1n) is 5.04. The molecule has 0 saturated heterocycles. The number of nitrogens with one attached hydrogen (secondary N) is 1. The maximum atomic E-state index is 4.39. The maximum absolute atomic E-state index is 4.39. The Bertz CT molecular complexity index is 464. The van der Waals surface area contributed by atoms with Crippen molar-refractivity contribution >= 4 is 38.6 Å². The topological polar surface area (TPSA) is 24.9 Å². The summed E-state index contributed by atoms with van der Waals surface area (Å²) in [7, 11) is 0. The summed E-state index contributed by atoms with van der Waals surface area (Å²) in [6, 6.07) is 2.40. The van der Waals surface area contributed by atoms with Crippen LogP contribution in [-0.4, -0.2) is 4.98 Å². The predicted octanol–water partition coefficient (Wildman–Crippen LogP) is 4.13. The Balaban J connectivity index is 1.93. The van der Waals surface area contributed by atoms with E-state index in [0.29, 0.717) is 6.04 Å². The van der Waals surface area contributed by atoms with Crippen LogP contribution in [-0.2, 0) is 6.54 Å². The van der Waals surface area contributed by atoms with Gasteiger partial charge in [-0.05, 0) is 41.2 Å². The minimum absolute atomic E-state index is 0.313. The Morgan fingerprint density at radius 3 is 2.94 bits per heavy atom. The Kier molecular flexibility index (Phi) is 4.13. The lowest BCUT2D eigenvalue weighted by Gasteiger charge is -2.10. The fourth-order valence-corrected chi connectivity index (χ4v) is 3.60. The summed E-state index contributed by atoms with van der Waals surface area (Å²) in [5.74, 6) is 0. The van der Waals surface area contributed by atoms with Crippen molar-refractivity contribution in [2.45, 2.75) is 26.4 Å². The molecule has 0 aliphatic carbocycles. The smallest absolute Gasteiger partial charge is 0.109 e. The van der Waals surface area contributed by atoms with Gasteiger partial charge in [0.2, 0.25) is 0 Å². The van der Waals surface area contributed by atoms with E-state index in [1.165, 1.54) is 14.2 Å². The molecule has 1 N–H and O–H groups in total. The van der Waals surface area contributed by atoms with E-state index in [-0.39, 0.29) is 0 Å². The van der Waals surface area contributed by atoms with E-state index >= 15 is 0 Å². The summed E-state index contributed by atoms with van der Waals surface area (Å²) >= 11 is 7.05. The van der Waals surface area contributed by atoms with E-state index < -0.39 is 0 Å². The molecule has 2 heterocycles. The van der Waals surface area contributed by atoms with Crippen molar-refractivity contribution in [3.63, 3.8) is 0 Å². The SMILES string of the molecule is Cc1cnc(C(C)NCc2sccc2Br)s1. The van der Waals surface area contributed by atoms with Crippen LogP contribution in [0.3, 0.4) is 0 Å². The molecule has 2 nitrogen and oxygen atoms in total. The zero-order valence-corrected chi connectivity index (χ0v) is 12.4. The van der Waals surface area contributed by atoms with Crippen LogP contribution in [0.2, 0.25) is 0 Å². The van der Waals surface area contributed by atoms with Crippen molar-refractivity contribution in [3.05, 3.63) is 36.9 Å². The van der Waals surface area contributed by atoms with Gasteiger partial charge in [-0.15, -0.1) is 22.7 Å². The molecule has 0 aliphatic rings. The first-order valence-corrected chi connectivity index (χ1v) is 7.53. The number of nitrogens with zero attached hydrogens (tertiary/aromatic N) is 1. The van der Waals surface area contributed by atoms with E-state index in [0.717, 1.165) is 11.6 Å². The van der Waals surface area contributed by atoms with Gasteiger partial charge >= 0.3 is 0 Å².